The van der Waals surface area contributed by atoms with E-state index in [4.69, 9.17) is 11.6 Å². The number of nitrogens with one attached hydrogen (secondary N) is 1. The Hall–Kier alpha value is -1.62. The van der Waals surface area contributed by atoms with E-state index >= 15 is 0 Å². The first-order valence-corrected chi connectivity index (χ1v) is 6.33. The van der Waals surface area contributed by atoms with Crippen molar-refractivity contribution in [2.75, 3.05) is 18.0 Å². The van der Waals surface area contributed by atoms with Crippen LogP contribution in [0.5, 0.6) is 0 Å². The van der Waals surface area contributed by atoms with Gasteiger partial charge >= 0.3 is 0 Å². The molecule has 2 amide bonds. The molecule has 1 rings (SSSR count). The molecule has 0 aliphatic rings. The Kier molecular flexibility index (Phi) is 5.76. The maximum absolute atomic E-state index is 13.1. The van der Waals surface area contributed by atoms with Crippen LogP contribution in [0.3, 0.4) is 0 Å². The van der Waals surface area contributed by atoms with Crippen molar-refractivity contribution in [3.8, 4) is 0 Å². The van der Waals surface area contributed by atoms with E-state index < -0.39 is 5.82 Å². The molecule has 1 N–H and O–H groups in total. The zero-order valence-electron chi connectivity index (χ0n) is 10.9. The molecular weight excluding hydrogens is 271 g/mol. The predicted octanol–water partition coefficient (Wildman–Crippen LogP) is 2.36. The van der Waals surface area contributed by atoms with Crippen molar-refractivity contribution in [3.63, 3.8) is 0 Å². The van der Waals surface area contributed by atoms with E-state index in [2.05, 4.69) is 5.32 Å². The van der Waals surface area contributed by atoms with Crippen LogP contribution >= 0.6 is 11.6 Å². The van der Waals surface area contributed by atoms with E-state index in [1.807, 2.05) is 6.92 Å². The first-order chi connectivity index (χ1) is 8.95. The maximum atomic E-state index is 13.1. The number of anilines is 1. The summed E-state index contributed by atoms with van der Waals surface area (Å²) >= 11 is 5.67. The second-order valence-corrected chi connectivity index (χ2v) is 4.46. The molecule has 0 heterocycles. The Bertz CT molecular complexity index is 480. The molecule has 0 saturated heterocycles. The van der Waals surface area contributed by atoms with Crippen LogP contribution in [0.2, 0.25) is 5.02 Å². The van der Waals surface area contributed by atoms with Crippen LogP contribution in [0.4, 0.5) is 10.1 Å². The van der Waals surface area contributed by atoms with Crippen LogP contribution in [0.15, 0.2) is 18.2 Å². The Morgan fingerprint density at radius 3 is 2.63 bits per heavy atom. The third-order valence-electron chi connectivity index (χ3n) is 2.47. The van der Waals surface area contributed by atoms with Gasteiger partial charge in [-0.25, -0.2) is 4.39 Å². The maximum Gasteiger partial charge on any atom is 0.240 e. The van der Waals surface area contributed by atoms with Crippen molar-refractivity contribution in [2.45, 2.75) is 20.3 Å². The van der Waals surface area contributed by atoms with Gasteiger partial charge in [0.25, 0.3) is 0 Å². The van der Waals surface area contributed by atoms with Crippen molar-refractivity contribution in [1.82, 2.24) is 5.32 Å². The van der Waals surface area contributed by atoms with Crippen LogP contribution in [0, 0.1) is 5.82 Å². The highest BCUT2D eigenvalue weighted by Crippen LogP contribution is 2.22. The minimum absolute atomic E-state index is 0.0854. The van der Waals surface area contributed by atoms with Gasteiger partial charge in [-0.15, -0.1) is 0 Å². The normalized spacial score (nSPS) is 10.1. The second kappa shape index (κ2) is 7.09. The summed E-state index contributed by atoms with van der Waals surface area (Å²) in [5.74, 6) is -1.14. The van der Waals surface area contributed by atoms with Crippen molar-refractivity contribution < 1.29 is 14.0 Å². The van der Waals surface area contributed by atoms with Crippen molar-refractivity contribution in [2.24, 2.45) is 0 Å². The molecule has 4 nitrogen and oxygen atoms in total. The fourth-order valence-electron chi connectivity index (χ4n) is 1.50. The average Bonchev–Trinajstić information content (AvgIpc) is 2.36. The molecular formula is C13H16ClFN2O2. The van der Waals surface area contributed by atoms with E-state index in [0.29, 0.717) is 12.2 Å². The third kappa shape index (κ3) is 4.52. The summed E-state index contributed by atoms with van der Waals surface area (Å²) < 4.78 is 13.1. The van der Waals surface area contributed by atoms with Crippen LogP contribution < -0.4 is 10.2 Å². The fraction of sp³-hybridized carbons (Fsp3) is 0.385. The average molecular weight is 287 g/mol. The summed E-state index contributed by atoms with van der Waals surface area (Å²) in [6, 6.07) is 3.90. The number of carbonyl (C=O) groups excluding carboxylic acids is 2. The molecule has 104 valence electrons. The number of hydrogen-bond donors (Lipinski definition) is 1. The molecule has 0 radical (unpaired) electrons. The smallest absolute Gasteiger partial charge is 0.240 e. The van der Waals surface area contributed by atoms with Gasteiger partial charge in [0.05, 0.1) is 5.02 Å². The van der Waals surface area contributed by atoms with E-state index in [0.717, 1.165) is 12.5 Å². The second-order valence-electron chi connectivity index (χ2n) is 4.05. The minimum atomic E-state index is -0.565. The Morgan fingerprint density at radius 1 is 1.42 bits per heavy atom. The highest BCUT2D eigenvalue weighted by molar-refractivity contribution is 6.31. The summed E-state index contributed by atoms with van der Waals surface area (Å²) in [4.78, 5) is 24.4. The van der Waals surface area contributed by atoms with Gasteiger partial charge in [-0.3, -0.25) is 9.59 Å². The van der Waals surface area contributed by atoms with Gasteiger partial charge < -0.3 is 10.2 Å². The van der Waals surface area contributed by atoms with Crippen LogP contribution in [0.25, 0.3) is 0 Å². The monoisotopic (exact) mass is 286 g/mol. The lowest BCUT2D eigenvalue weighted by Crippen LogP contribution is -2.40. The number of rotatable bonds is 5. The first-order valence-electron chi connectivity index (χ1n) is 5.95. The highest BCUT2D eigenvalue weighted by Gasteiger charge is 2.16. The predicted molar refractivity (Wildman–Crippen MR) is 72.7 cm³/mol. The van der Waals surface area contributed by atoms with Crippen molar-refractivity contribution in [1.29, 1.82) is 0 Å². The summed E-state index contributed by atoms with van der Waals surface area (Å²) in [7, 11) is 0. The third-order valence-corrected chi connectivity index (χ3v) is 2.76. The van der Waals surface area contributed by atoms with E-state index in [1.165, 1.54) is 24.0 Å². The molecule has 0 aliphatic carbocycles. The summed E-state index contributed by atoms with van der Waals surface area (Å²) in [6.07, 6.45) is 0.814. The number of nitrogens with zero attached hydrogens (tertiary/aromatic N) is 1. The van der Waals surface area contributed by atoms with Gasteiger partial charge in [0, 0.05) is 19.2 Å². The Labute approximate surface area is 116 Å². The summed E-state index contributed by atoms with van der Waals surface area (Å²) in [6.45, 7) is 3.71. The SMILES string of the molecule is CCCNC(=O)CN(C(C)=O)c1ccc(F)c(Cl)c1. The largest absolute Gasteiger partial charge is 0.355 e. The van der Waals surface area contributed by atoms with Gasteiger partial charge in [0.1, 0.15) is 12.4 Å². The lowest BCUT2D eigenvalue weighted by atomic mass is 10.2. The molecule has 0 aromatic heterocycles. The fourth-order valence-corrected chi connectivity index (χ4v) is 1.68. The molecule has 0 aliphatic heterocycles. The molecule has 0 fully saturated rings. The Morgan fingerprint density at radius 2 is 2.11 bits per heavy atom. The standard InChI is InChI=1S/C13H16ClFN2O2/c1-3-6-16-13(19)8-17(9(2)18)10-4-5-12(15)11(14)7-10/h4-5,7H,3,6,8H2,1-2H3,(H,16,19). The van der Waals surface area contributed by atoms with Gasteiger partial charge in [-0.1, -0.05) is 18.5 Å². The molecule has 0 atom stereocenters. The van der Waals surface area contributed by atoms with Crippen molar-refractivity contribution >= 4 is 29.1 Å². The van der Waals surface area contributed by atoms with Crippen molar-refractivity contribution in [3.05, 3.63) is 29.0 Å². The number of hydrogen-bond acceptors (Lipinski definition) is 2. The molecule has 0 saturated carbocycles. The summed E-state index contributed by atoms with van der Waals surface area (Å²) in [5, 5.41) is 2.59. The first kappa shape index (κ1) is 15.4. The zero-order valence-corrected chi connectivity index (χ0v) is 11.6. The molecule has 6 heteroatoms. The number of amides is 2. The van der Waals surface area contributed by atoms with Crippen LogP contribution in [0.1, 0.15) is 20.3 Å². The molecule has 19 heavy (non-hydrogen) atoms. The van der Waals surface area contributed by atoms with E-state index in [1.54, 1.807) is 0 Å². The lowest BCUT2D eigenvalue weighted by molar-refractivity contribution is -0.123. The van der Waals surface area contributed by atoms with Gasteiger partial charge in [-0.05, 0) is 24.6 Å². The Balaban J connectivity index is 2.85. The highest BCUT2D eigenvalue weighted by atomic mass is 35.5. The van der Waals surface area contributed by atoms with E-state index in [9.17, 15) is 14.0 Å². The number of halogens is 2. The van der Waals surface area contributed by atoms with E-state index in [-0.39, 0.29) is 23.4 Å². The number of benzene rings is 1. The van der Waals surface area contributed by atoms with Crippen LogP contribution in [-0.2, 0) is 9.59 Å². The topological polar surface area (TPSA) is 49.4 Å². The van der Waals surface area contributed by atoms with Gasteiger partial charge in [0.2, 0.25) is 11.8 Å². The molecule has 1 aromatic carbocycles. The zero-order chi connectivity index (χ0) is 14.4. The summed E-state index contributed by atoms with van der Waals surface area (Å²) in [5.41, 5.74) is 0.394. The molecule has 0 bridgehead atoms. The van der Waals surface area contributed by atoms with Gasteiger partial charge in [-0.2, -0.15) is 0 Å². The lowest BCUT2D eigenvalue weighted by Gasteiger charge is -2.21. The quantitative estimate of drug-likeness (QED) is 0.903. The minimum Gasteiger partial charge on any atom is -0.355 e. The molecule has 1 aromatic rings. The molecule has 0 unspecified atom stereocenters. The number of carbonyl (C=O) groups is 2. The molecule has 0 spiro atoms. The van der Waals surface area contributed by atoms with Crippen LogP contribution in [-0.4, -0.2) is 24.9 Å². The van der Waals surface area contributed by atoms with Gasteiger partial charge in [0.15, 0.2) is 0 Å².